The lowest BCUT2D eigenvalue weighted by Gasteiger charge is -2.06. The molecule has 0 aromatic heterocycles. The van der Waals surface area contributed by atoms with Crippen molar-refractivity contribution >= 4 is 29.0 Å². The summed E-state index contributed by atoms with van der Waals surface area (Å²) in [5.74, 6) is 0.971. The molecule has 0 aliphatic rings. The third kappa shape index (κ3) is 4.97. The van der Waals surface area contributed by atoms with Crippen molar-refractivity contribution in [2.45, 2.75) is 17.7 Å². The fraction of sp³-hybridized carbons (Fsp3) is 0.188. The van der Waals surface area contributed by atoms with Gasteiger partial charge in [-0.15, -0.1) is 11.8 Å². The van der Waals surface area contributed by atoms with Crippen molar-refractivity contribution in [1.29, 1.82) is 0 Å². The lowest BCUT2D eigenvalue weighted by Crippen LogP contribution is -2.11. The number of hydrogen-bond acceptors (Lipinski definition) is 3. The van der Waals surface area contributed by atoms with Crippen molar-refractivity contribution in [2.75, 3.05) is 16.8 Å². The van der Waals surface area contributed by atoms with E-state index in [0.29, 0.717) is 12.1 Å². The normalized spacial score (nSPS) is 10.2. The number of carbonyl (C=O) groups is 1. The topological polar surface area (TPSA) is 55.1 Å². The number of nitrogens with two attached hydrogens (primary N) is 1. The number of anilines is 2. The van der Waals surface area contributed by atoms with Gasteiger partial charge in [0.05, 0.1) is 0 Å². The summed E-state index contributed by atoms with van der Waals surface area (Å²) >= 11 is 1.77. The maximum absolute atomic E-state index is 11.8. The zero-order chi connectivity index (χ0) is 14.2. The van der Waals surface area contributed by atoms with Crippen molar-refractivity contribution < 1.29 is 4.79 Å². The van der Waals surface area contributed by atoms with Crippen LogP contribution < -0.4 is 11.1 Å². The van der Waals surface area contributed by atoms with E-state index in [2.05, 4.69) is 17.4 Å². The molecule has 2 aromatic carbocycles. The molecule has 20 heavy (non-hydrogen) atoms. The van der Waals surface area contributed by atoms with Gasteiger partial charge in [0.15, 0.2) is 0 Å². The summed E-state index contributed by atoms with van der Waals surface area (Å²) in [7, 11) is 0. The minimum atomic E-state index is 0.0317. The van der Waals surface area contributed by atoms with Crippen LogP contribution in [0.4, 0.5) is 11.4 Å². The highest BCUT2D eigenvalue weighted by atomic mass is 32.2. The standard InChI is InChI=1S/C16H18N2OS/c17-13-6-4-7-14(12-13)18-16(19)10-5-11-20-15-8-2-1-3-9-15/h1-4,6-9,12H,5,10-11,17H2,(H,18,19). The van der Waals surface area contributed by atoms with Gasteiger partial charge in [0.25, 0.3) is 0 Å². The largest absolute Gasteiger partial charge is 0.399 e. The predicted molar refractivity (Wildman–Crippen MR) is 85.9 cm³/mol. The number of nitrogen functional groups attached to an aromatic ring is 1. The predicted octanol–water partition coefficient (Wildman–Crippen LogP) is 3.78. The van der Waals surface area contributed by atoms with Gasteiger partial charge in [-0.05, 0) is 42.5 Å². The van der Waals surface area contributed by atoms with Crippen molar-refractivity contribution in [3.8, 4) is 0 Å². The molecule has 0 fully saturated rings. The summed E-state index contributed by atoms with van der Waals surface area (Å²) in [6, 6.07) is 17.4. The van der Waals surface area contributed by atoms with E-state index in [1.54, 1.807) is 23.9 Å². The number of benzene rings is 2. The Bertz CT molecular complexity index is 557. The first-order valence-electron chi connectivity index (χ1n) is 6.57. The van der Waals surface area contributed by atoms with Gasteiger partial charge in [-0.3, -0.25) is 4.79 Å². The van der Waals surface area contributed by atoms with Crippen LogP contribution in [-0.2, 0) is 4.79 Å². The molecule has 3 nitrogen and oxygen atoms in total. The number of carbonyl (C=O) groups excluding carboxylic acids is 1. The quantitative estimate of drug-likeness (QED) is 0.483. The first-order chi connectivity index (χ1) is 9.74. The molecule has 2 aromatic rings. The average Bonchev–Trinajstić information content (AvgIpc) is 2.45. The van der Waals surface area contributed by atoms with Gasteiger partial charge >= 0.3 is 0 Å². The molecule has 2 rings (SSSR count). The zero-order valence-corrected chi connectivity index (χ0v) is 12.0. The van der Waals surface area contributed by atoms with Gasteiger partial charge in [0.2, 0.25) is 5.91 Å². The lowest BCUT2D eigenvalue weighted by molar-refractivity contribution is -0.116. The first kappa shape index (κ1) is 14.5. The maximum Gasteiger partial charge on any atom is 0.224 e. The Morgan fingerprint density at radius 2 is 1.90 bits per heavy atom. The van der Waals surface area contributed by atoms with Crippen LogP contribution in [0.5, 0.6) is 0 Å². The summed E-state index contributed by atoms with van der Waals surface area (Å²) in [4.78, 5) is 13.0. The van der Waals surface area contributed by atoms with Crippen LogP contribution in [-0.4, -0.2) is 11.7 Å². The Balaban J connectivity index is 1.68. The molecule has 0 atom stereocenters. The third-order valence-electron chi connectivity index (χ3n) is 2.73. The van der Waals surface area contributed by atoms with Gasteiger partial charge < -0.3 is 11.1 Å². The minimum absolute atomic E-state index is 0.0317. The van der Waals surface area contributed by atoms with E-state index in [0.717, 1.165) is 17.9 Å². The van der Waals surface area contributed by atoms with Crippen LogP contribution in [0.25, 0.3) is 0 Å². The summed E-state index contributed by atoms with van der Waals surface area (Å²) in [6.07, 6.45) is 1.38. The molecule has 4 heteroatoms. The Kier molecular flexibility index (Phi) is 5.50. The molecule has 0 saturated heterocycles. The second kappa shape index (κ2) is 7.60. The number of rotatable bonds is 6. The first-order valence-corrected chi connectivity index (χ1v) is 7.56. The van der Waals surface area contributed by atoms with E-state index in [1.165, 1.54) is 4.90 Å². The van der Waals surface area contributed by atoms with Crippen LogP contribution in [0.3, 0.4) is 0 Å². The highest BCUT2D eigenvalue weighted by Gasteiger charge is 2.02. The van der Waals surface area contributed by atoms with Gasteiger partial charge in [-0.25, -0.2) is 0 Å². The molecular weight excluding hydrogens is 268 g/mol. The van der Waals surface area contributed by atoms with Crippen LogP contribution in [0.15, 0.2) is 59.5 Å². The number of hydrogen-bond donors (Lipinski definition) is 2. The molecule has 0 aliphatic heterocycles. The van der Waals surface area contributed by atoms with Crippen LogP contribution in [0, 0.1) is 0 Å². The lowest BCUT2D eigenvalue weighted by atomic mass is 10.2. The molecular formula is C16H18N2OS. The highest BCUT2D eigenvalue weighted by Crippen LogP contribution is 2.18. The summed E-state index contributed by atoms with van der Waals surface area (Å²) in [5, 5.41) is 2.85. The van der Waals surface area contributed by atoms with Crippen molar-refractivity contribution in [2.24, 2.45) is 0 Å². The average molecular weight is 286 g/mol. The van der Waals surface area contributed by atoms with Crippen molar-refractivity contribution in [1.82, 2.24) is 0 Å². The van der Waals surface area contributed by atoms with E-state index >= 15 is 0 Å². The Morgan fingerprint density at radius 1 is 1.10 bits per heavy atom. The van der Waals surface area contributed by atoms with E-state index in [4.69, 9.17) is 5.73 Å². The molecule has 104 valence electrons. The van der Waals surface area contributed by atoms with E-state index < -0.39 is 0 Å². The summed E-state index contributed by atoms with van der Waals surface area (Å²) < 4.78 is 0. The molecule has 0 heterocycles. The van der Waals surface area contributed by atoms with Gasteiger partial charge in [0, 0.05) is 22.7 Å². The SMILES string of the molecule is Nc1cccc(NC(=O)CCCSc2ccccc2)c1. The maximum atomic E-state index is 11.8. The Labute approximate surface area is 123 Å². The molecule has 0 saturated carbocycles. The van der Waals surface area contributed by atoms with Crippen LogP contribution >= 0.6 is 11.8 Å². The number of thioether (sulfide) groups is 1. The molecule has 0 aliphatic carbocycles. The van der Waals surface area contributed by atoms with Crippen LogP contribution in [0.2, 0.25) is 0 Å². The monoisotopic (exact) mass is 286 g/mol. The molecule has 0 bridgehead atoms. The zero-order valence-electron chi connectivity index (χ0n) is 11.2. The molecule has 1 amide bonds. The van der Waals surface area contributed by atoms with E-state index in [9.17, 15) is 4.79 Å². The number of amides is 1. The fourth-order valence-corrected chi connectivity index (χ4v) is 2.65. The van der Waals surface area contributed by atoms with E-state index in [1.807, 2.05) is 30.3 Å². The summed E-state index contributed by atoms with van der Waals surface area (Å²) in [6.45, 7) is 0. The van der Waals surface area contributed by atoms with Crippen molar-refractivity contribution in [3.63, 3.8) is 0 Å². The Hall–Kier alpha value is -1.94. The molecule has 0 radical (unpaired) electrons. The van der Waals surface area contributed by atoms with E-state index in [-0.39, 0.29) is 5.91 Å². The second-order valence-corrected chi connectivity index (χ2v) is 5.61. The minimum Gasteiger partial charge on any atom is -0.399 e. The summed E-state index contributed by atoms with van der Waals surface area (Å²) in [5.41, 5.74) is 7.08. The second-order valence-electron chi connectivity index (χ2n) is 4.44. The van der Waals surface area contributed by atoms with Gasteiger partial charge in [0.1, 0.15) is 0 Å². The molecule has 0 spiro atoms. The Morgan fingerprint density at radius 3 is 2.65 bits per heavy atom. The molecule has 3 N–H and O–H groups in total. The smallest absolute Gasteiger partial charge is 0.224 e. The van der Waals surface area contributed by atoms with Crippen molar-refractivity contribution in [3.05, 3.63) is 54.6 Å². The molecule has 0 unspecified atom stereocenters. The fourth-order valence-electron chi connectivity index (χ4n) is 1.78. The van der Waals surface area contributed by atoms with Crippen LogP contribution in [0.1, 0.15) is 12.8 Å². The third-order valence-corrected chi connectivity index (χ3v) is 3.83. The van der Waals surface area contributed by atoms with Gasteiger partial charge in [-0.2, -0.15) is 0 Å². The highest BCUT2D eigenvalue weighted by molar-refractivity contribution is 7.99. The number of nitrogens with one attached hydrogen (secondary N) is 1. The van der Waals surface area contributed by atoms with Gasteiger partial charge in [-0.1, -0.05) is 24.3 Å².